The predicted octanol–water partition coefficient (Wildman–Crippen LogP) is 4.84. The number of halogens is 1. The first kappa shape index (κ1) is 15.4. The SMILES string of the molecule is Cc1ccc(F)cc1CNc1ccc(OC(C)C)cc1C. The van der Waals surface area contributed by atoms with Gasteiger partial charge in [-0.05, 0) is 74.7 Å². The Morgan fingerprint density at radius 2 is 1.81 bits per heavy atom. The largest absolute Gasteiger partial charge is 0.491 e. The average molecular weight is 287 g/mol. The molecule has 0 aliphatic rings. The first-order valence-corrected chi connectivity index (χ1v) is 7.22. The third kappa shape index (κ3) is 4.22. The molecule has 2 nitrogen and oxygen atoms in total. The van der Waals surface area contributed by atoms with E-state index in [1.54, 1.807) is 12.1 Å². The maximum atomic E-state index is 13.3. The van der Waals surface area contributed by atoms with E-state index in [-0.39, 0.29) is 11.9 Å². The van der Waals surface area contributed by atoms with Crippen LogP contribution < -0.4 is 10.1 Å². The van der Waals surface area contributed by atoms with E-state index in [4.69, 9.17) is 4.74 Å². The molecule has 0 unspecified atom stereocenters. The fraction of sp³-hybridized carbons (Fsp3) is 0.333. The molecule has 0 amide bonds. The van der Waals surface area contributed by atoms with Crippen molar-refractivity contribution < 1.29 is 9.13 Å². The summed E-state index contributed by atoms with van der Waals surface area (Å²) in [6, 6.07) is 10.8. The van der Waals surface area contributed by atoms with Crippen molar-refractivity contribution in [3.8, 4) is 5.75 Å². The number of hydrogen-bond acceptors (Lipinski definition) is 2. The smallest absolute Gasteiger partial charge is 0.123 e. The third-order valence-electron chi connectivity index (χ3n) is 3.35. The number of anilines is 1. The molecule has 0 aliphatic heterocycles. The van der Waals surface area contributed by atoms with E-state index >= 15 is 0 Å². The molecule has 2 aromatic carbocycles. The van der Waals surface area contributed by atoms with Crippen LogP contribution in [0, 0.1) is 19.7 Å². The van der Waals surface area contributed by atoms with Gasteiger partial charge in [0.15, 0.2) is 0 Å². The lowest BCUT2D eigenvalue weighted by Crippen LogP contribution is -2.07. The van der Waals surface area contributed by atoms with Crippen LogP contribution >= 0.6 is 0 Å². The standard InChI is InChI=1S/C18H22FNO/c1-12(2)21-17-7-8-18(14(4)9-17)20-11-15-10-16(19)6-5-13(15)3/h5-10,12,20H,11H2,1-4H3. The molecule has 0 saturated carbocycles. The second-order valence-electron chi connectivity index (χ2n) is 5.57. The van der Waals surface area contributed by atoms with Gasteiger partial charge >= 0.3 is 0 Å². The molecule has 0 atom stereocenters. The van der Waals surface area contributed by atoms with Crippen LogP contribution in [0.5, 0.6) is 5.75 Å². The van der Waals surface area contributed by atoms with Crippen LogP contribution in [-0.2, 0) is 6.54 Å². The number of benzene rings is 2. The van der Waals surface area contributed by atoms with E-state index in [0.29, 0.717) is 6.54 Å². The molecule has 0 heterocycles. The highest BCUT2D eigenvalue weighted by Gasteiger charge is 2.04. The van der Waals surface area contributed by atoms with Crippen LogP contribution in [0.2, 0.25) is 0 Å². The Morgan fingerprint density at radius 1 is 1.05 bits per heavy atom. The van der Waals surface area contributed by atoms with E-state index in [1.807, 2.05) is 45.9 Å². The van der Waals surface area contributed by atoms with Crippen molar-refractivity contribution in [3.05, 3.63) is 58.9 Å². The first-order chi connectivity index (χ1) is 9.95. The molecule has 1 N–H and O–H groups in total. The molecule has 0 aliphatic carbocycles. The normalized spacial score (nSPS) is 10.8. The van der Waals surface area contributed by atoms with Gasteiger partial charge in [0.2, 0.25) is 0 Å². The molecule has 3 heteroatoms. The van der Waals surface area contributed by atoms with Gasteiger partial charge < -0.3 is 10.1 Å². The van der Waals surface area contributed by atoms with E-state index in [9.17, 15) is 4.39 Å². The summed E-state index contributed by atoms with van der Waals surface area (Å²) in [6.45, 7) is 8.65. The van der Waals surface area contributed by atoms with Gasteiger partial charge in [0.25, 0.3) is 0 Å². The minimum atomic E-state index is -0.199. The fourth-order valence-electron chi connectivity index (χ4n) is 2.20. The van der Waals surface area contributed by atoms with Gasteiger partial charge in [0.1, 0.15) is 11.6 Å². The van der Waals surface area contributed by atoms with Crippen molar-refractivity contribution in [1.82, 2.24) is 0 Å². The minimum absolute atomic E-state index is 0.165. The Morgan fingerprint density at radius 3 is 2.48 bits per heavy atom. The summed E-state index contributed by atoms with van der Waals surface area (Å²) in [5.74, 6) is 0.671. The molecule has 0 radical (unpaired) electrons. The Bertz CT molecular complexity index is 623. The average Bonchev–Trinajstić information content (AvgIpc) is 2.41. The monoisotopic (exact) mass is 287 g/mol. The van der Waals surface area contributed by atoms with E-state index in [0.717, 1.165) is 28.1 Å². The molecule has 0 aromatic heterocycles. The van der Waals surface area contributed by atoms with Gasteiger partial charge in [-0.2, -0.15) is 0 Å². The van der Waals surface area contributed by atoms with Crippen molar-refractivity contribution in [2.24, 2.45) is 0 Å². The van der Waals surface area contributed by atoms with Crippen LogP contribution in [-0.4, -0.2) is 6.10 Å². The molecule has 0 spiro atoms. The summed E-state index contributed by atoms with van der Waals surface area (Å²) in [5.41, 5.74) is 4.20. The molecular weight excluding hydrogens is 265 g/mol. The quantitative estimate of drug-likeness (QED) is 0.849. The van der Waals surface area contributed by atoms with Gasteiger partial charge in [-0.15, -0.1) is 0 Å². The van der Waals surface area contributed by atoms with Crippen LogP contribution in [0.25, 0.3) is 0 Å². The lowest BCUT2D eigenvalue weighted by atomic mass is 10.1. The summed E-state index contributed by atoms with van der Waals surface area (Å²) in [5, 5.41) is 3.36. The Labute approximate surface area is 126 Å². The van der Waals surface area contributed by atoms with Crippen molar-refractivity contribution in [2.45, 2.75) is 40.3 Å². The van der Waals surface area contributed by atoms with Gasteiger partial charge in [-0.3, -0.25) is 0 Å². The number of hydrogen-bond donors (Lipinski definition) is 1. The van der Waals surface area contributed by atoms with Crippen molar-refractivity contribution in [3.63, 3.8) is 0 Å². The molecule has 2 aromatic rings. The predicted molar refractivity (Wildman–Crippen MR) is 85.4 cm³/mol. The summed E-state index contributed by atoms with van der Waals surface area (Å²) < 4.78 is 19.0. The van der Waals surface area contributed by atoms with E-state index < -0.39 is 0 Å². The van der Waals surface area contributed by atoms with Crippen LogP contribution in [0.1, 0.15) is 30.5 Å². The molecule has 112 valence electrons. The molecule has 2 rings (SSSR count). The Balaban J connectivity index is 2.08. The molecule has 0 bridgehead atoms. The lowest BCUT2D eigenvalue weighted by Gasteiger charge is -2.14. The van der Waals surface area contributed by atoms with E-state index in [1.165, 1.54) is 6.07 Å². The Hall–Kier alpha value is -2.03. The molecular formula is C18H22FNO. The third-order valence-corrected chi connectivity index (χ3v) is 3.35. The van der Waals surface area contributed by atoms with Gasteiger partial charge in [-0.1, -0.05) is 6.07 Å². The van der Waals surface area contributed by atoms with Crippen LogP contribution in [0.15, 0.2) is 36.4 Å². The molecule has 0 fully saturated rings. The number of ether oxygens (including phenoxy) is 1. The second kappa shape index (κ2) is 6.61. The van der Waals surface area contributed by atoms with Crippen molar-refractivity contribution in [2.75, 3.05) is 5.32 Å². The maximum Gasteiger partial charge on any atom is 0.123 e. The van der Waals surface area contributed by atoms with Crippen LogP contribution in [0.3, 0.4) is 0 Å². The molecule has 21 heavy (non-hydrogen) atoms. The highest BCUT2D eigenvalue weighted by Crippen LogP contribution is 2.23. The number of nitrogens with one attached hydrogen (secondary N) is 1. The summed E-state index contributed by atoms with van der Waals surface area (Å²) in [7, 11) is 0. The zero-order chi connectivity index (χ0) is 15.4. The summed E-state index contributed by atoms with van der Waals surface area (Å²) in [6.07, 6.45) is 0.165. The zero-order valence-electron chi connectivity index (χ0n) is 13.0. The zero-order valence-corrected chi connectivity index (χ0v) is 13.0. The Kier molecular flexibility index (Phi) is 4.84. The van der Waals surface area contributed by atoms with Gasteiger partial charge in [0, 0.05) is 12.2 Å². The van der Waals surface area contributed by atoms with Crippen LogP contribution in [0.4, 0.5) is 10.1 Å². The maximum absolute atomic E-state index is 13.3. The second-order valence-corrected chi connectivity index (χ2v) is 5.57. The highest BCUT2D eigenvalue weighted by molar-refractivity contribution is 5.54. The first-order valence-electron chi connectivity index (χ1n) is 7.22. The van der Waals surface area contributed by atoms with Crippen molar-refractivity contribution >= 4 is 5.69 Å². The number of aryl methyl sites for hydroxylation is 2. The van der Waals surface area contributed by atoms with Gasteiger partial charge in [-0.25, -0.2) is 4.39 Å². The lowest BCUT2D eigenvalue weighted by molar-refractivity contribution is 0.242. The fourth-order valence-corrected chi connectivity index (χ4v) is 2.20. The topological polar surface area (TPSA) is 21.3 Å². The number of rotatable bonds is 5. The highest BCUT2D eigenvalue weighted by atomic mass is 19.1. The molecule has 0 saturated heterocycles. The minimum Gasteiger partial charge on any atom is -0.491 e. The van der Waals surface area contributed by atoms with Crippen molar-refractivity contribution in [1.29, 1.82) is 0 Å². The van der Waals surface area contributed by atoms with E-state index in [2.05, 4.69) is 5.32 Å². The van der Waals surface area contributed by atoms with Gasteiger partial charge in [0.05, 0.1) is 6.10 Å². The summed E-state index contributed by atoms with van der Waals surface area (Å²) >= 11 is 0. The summed E-state index contributed by atoms with van der Waals surface area (Å²) in [4.78, 5) is 0.